The Labute approximate surface area is 164 Å². The molecule has 1 N–H and O–H groups in total. The minimum atomic E-state index is -0.760. The Morgan fingerprint density at radius 2 is 1.81 bits per heavy atom. The number of methoxy groups -OCH3 is 2. The summed E-state index contributed by atoms with van der Waals surface area (Å²) in [5.41, 5.74) is 1.77. The summed E-state index contributed by atoms with van der Waals surface area (Å²) < 4.78 is 11.3. The van der Waals surface area contributed by atoms with E-state index < -0.39 is 11.9 Å². The molecular formula is C21H24ClNO4. The first-order valence-corrected chi connectivity index (χ1v) is 9.36. The summed E-state index contributed by atoms with van der Waals surface area (Å²) in [7, 11) is 3.25. The molecule has 0 amide bonds. The maximum atomic E-state index is 11.6. The van der Waals surface area contributed by atoms with Gasteiger partial charge in [0, 0.05) is 11.6 Å². The van der Waals surface area contributed by atoms with Crippen LogP contribution in [0.4, 0.5) is 0 Å². The van der Waals surface area contributed by atoms with Gasteiger partial charge in [-0.05, 0) is 43.1 Å². The molecule has 1 aliphatic rings. The van der Waals surface area contributed by atoms with Crippen LogP contribution in [0, 0.1) is 5.92 Å². The molecule has 0 aromatic heterocycles. The molecule has 0 bridgehead atoms. The number of carboxylic acids is 1. The van der Waals surface area contributed by atoms with E-state index in [-0.39, 0.29) is 6.04 Å². The van der Waals surface area contributed by atoms with Gasteiger partial charge in [-0.1, -0.05) is 35.9 Å². The normalized spacial score (nSPS) is 18.7. The van der Waals surface area contributed by atoms with Crippen molar-refractivity contribution in [3.8, 4) is 11.5 Å². The molecule has 0 radical (unpaired) electrons. The van der Waals surface area contributed by atoms with E-state index >= 15 is 0 Å². The Balaban J connectivity index is 2.15. The number of hydrogen-bond acceptors (Lipinski definition) is 4. The van der Waals surface area contributed by atoms with E-state index in [2.05, 4.69) is 4.90 Å². The summed E-state index contributed by atoms with van der Waals surface area (Å²) in [5, 5.41) is 10.2. The number of ether oxygens (including phenoxy) is 2. The summed E-state index contributed by atoms with van der Waals surface area (Å²) in [5.74, 6) is 0.225. The maximum Gasteiger partial charge on any atom is 0.307 e. The van der Waals surface area contributed by atoms with Crippen molar-refractivity contribution in [1.29, 1.82) is 0 Å². The van der Waals surface area contributed by atoms with Crippen molar-refractivity contribution in [2.75, 3.05) is 27.3 Å². The Bertz CT molecular complexity index is 788. The number of nitrogens with zero attached hydrogens (tertiary/aromatic N) is 1. The van der Waals surface area contributed by atoms with Crippen LogP contribution < -0.4 is 9.47 Å². The molecular weight excluding hydrogens is 366 g/mol. The molecule has 144 valence electrons. The number of halogens is 1. The van der Waals surface area contributed by atoms with Crippen LogP contribution in [-0.4, -0.2) is 43.3 Å². The summed E-state index contributed by atoms with van der Waals surface area (Å²) >= 11 is 6.55. The summed E-state index contributed by atoms with van der Waals surface area (Å²) in [4.78, 5) is 13.8. The number of hydrogen-bond donors (Lipinski definition) is 1. The lowest BCUT2D eigenvalue weighted by Crippen LogP contribution is -2.41. The molecule has 2 aromatic carbocycles. The fourth-order valence-corrected chi connectivity index (χ4v) is 4.06. The lowest BCUT2D eigenvalue weighted by molar-refractivity contribution is -0.143. The van der Waals surface area contributed by atoms with Crippen molar-refractivity contribution in [2.24, 2.45) is 5.92 Å². The molecule has 0 spiro atoms. The summed E-state index contributed by atoms with van der Waals surface area (Å²) in [6.45, 7) is 1.23. The predicted molar refractivity (Wildman–Crippen MR) is 105 cm³/mol. The molecule has 1 heterocycles. The van der Waals surface area contributed by atoms with E-state index in [4.69, 9.17) is 21.1 Å². The first-order chi connectivity index (χ1) is 13.1. The van der Waals surface area contributed by atoms with Crippen LogP contribution in [0.3, 0.4) is 0 Å². The molecule has 5 nitrogen and oxygen atoms in total. The van der Waals surface area contributed by atoms with Crippen LogP contribution >= 0.6 is 11.6 Å². The van der Waals surface area contributed by atoms with E-state index in [0.29, 0.717) is 29.5 Å². The van der Waals surface area contributed by atoms with Gasteiger partial charge >= 0.3 is 5.97 Å². The zero-order valence-corrected chi connectivity index (χ0v) is 16.3. The smallest absolute Gasteiger partial charge is 0.307 e. The monoisotopic (exact) mass is 389 g/mol. The molecule has 1 saturated heterocycles. The minimum Gasteiger partial charge on any atom is -0.496 e. The van der Waals surface area contributed by atoms with Gasteiger partial charge in [-0.15, -0.1) is 0 Å². The van der Waals surface area contributed by atoms with E-state index in [1.165, 1.54) is 0 Å². The first-order valence-electron chi connectivity index (χ1n) is 8.99. The second-order valence-corrected chi connectivity index (χ2v) is 7.08. The van der Waals surface area contributed by atoms with E-state index in [9.17, 15) is 9.90 Å². The van der Waals surface area contributed by atoms with E-state index in [1.54, 1.807) is 14.2 Å². The van der Waals surface area contributed by atoms with Gasteiger partial charge in [0.15, 0.2) is 0 Å². The predicted octanol–water partition coefficient (Wildman–Crippen LogP) is 4.24. The van der Waals surface area contributed by atoms with Gasteiger partial charge in [-0.25, -0.2) is 0 Å². The standard InChI is InChI=1S/C21H24ClNO4/c1-26-17-10-5-11-18(27-2)19(17)20(15-8-3-4-9-16(15)22)23-12-6-7-14(13-23)21(24)25/h3-5,8-11,14,20H,6-7,12-13H2,1-2H3,(H,24,25). The van der Waals surface area contributed by atoms with Gasteiger partial charge in [0.25, 0.3) is 0 Å². The van der Waals surface area contributed by atoms with Crippen molar-refractivity contribution in [1.82, 2.24) is 4.90 Å². The highest BCUT2D eigenvalue weighted by atomic mass is 35.5. The van der Waals surface area contributed by atoms with Gasteiger partial charge in [0.05, 0.1) is 31.7 Å². The number of rotatable bonds is 6. The summed E-state index contributed by atoms with van der Waals surface area (Å²) in [6.07, 6.45) is 1.50. The summed E-state index contributed by atoms with van der Waals surface area (Å²) in [6, 6.07) is 13.1. The molecule has 27 heavy (non-hydrogen) atoms. The first kappa shape index (κ1) is 19.5. The highest BCUT2D eigenvalue weighted by Gasteiger charge is 2.35. The zero-order chi connectivity index (χ0) is 19.4. The zero-order valence-electron chi connectivity index (χ0n) is 15.5. The number of benzene rings is 2. The second kappa shape index (κ2) is 8.63. The lowest BCUT2D eigenvalue weighted by Gasteiger charge is -2.38. The Morgan fingerprint density at radius 1 is 1.15 bits per heavy atom. The highest BCUT2D eigenvalue weighted by Crippen LogP contribution is 2.44. The van der Waals surface area contributed by atoms with Crippen molar-refractivity contribution in [2.45, 2.75) is 18.9 Å². The number of carbonyl (C=O) groups is 1. The lowest BCUT2D eigenvalue weighted by atomic mass is 9.90. The third-order valence-corrected chi connectivity index (χ3v) is 5.45. The fraction of sp³-hybridized carbons (Fsp3) is 0.381. The van der Waals surface area contributed by atoms with Gasteiger partial charge in [0.2, 0.25) is 0 Å². The number of aliphatic carboxylic acids is 1. The van der Waals surface area contributed by atoms with E-state index in [0.717, 1.165) is 24.1 Å². The number of piperidine rings is 1. The van der Waals surface area contributed by atoms with Crippen molar-refractivity contribution >= 4 is 17.6 Å². The molecule has 1 fully saturated rings. The van der Waals surface area contributed by atoms with Crippen LogP contribution in [0.15, 0.2) is 42.5 Å². The molecule has 2 atom stereocenters. The molecule has 0 saturated carbocycles. The van der Waals surface area contributed by atoms with Gasteiger partial charge in [-0.2, -0.15) is 0 Å². The maximum absolute atomic E-state index is 11.6. The fourth-order valence-electron chi connectivity index (χ4n) is 3.82. The third kappa shape index (κ3) is 4.04. The topological polar surface area (TPSA) is 59.0 Å². The molecule has 0 aliphatic carbocycles. The van der Waals surface area contributed by atoms with Crippen LogP contribution in [0.5, 0.6) is 11.5 Å². The number of likely N-dealkylation sites (tertiary alicyclic amines) is 1. The van der Waals surface area contributed by atoms with Crippen molar-refractivity contribution < 1.29 is 19.4 Å². The minimum absolute atomic E-state index is 0.257. The third-order valence-electron chi connectivity index (χ3n) is 5.11. The molecule has 2 unspecified atom stereocenters. The number of carboxylic acid groups (broad SMARTS) is 1. The van der Waals surface area contributed by atoms with Gasteiger partial charge in [-0.3, -0.25) is 9.69 Å². The van der Waals surface area contributed by atoms with Gasteiger partial charge in [0.1, 0.15) is 11.5 Å². The average molecular weight is 390 g/mol. The van der Waals surface area contributed by atoms with Crippen LogP contribution in [0.1, 0.15) is 30.0 Å². The van der Waals surface area contributed by atoms with Crippen LogP contribution in [0.2, 0.25) is 5.02 Å². The van der Waals surface area contributed by atoms with Crippen molar-refractivity contribution in [3.63, 3.8) is 0 Å². The molecule has 6 heteroatoms. The Hall–Kier alpha value is -2.24. The van der Waals surface area contributed by atoms with Gasteiger partial charge < -0.3 is 14.6 Å². The van der Waals surface area contributed by atoms with Crippen LogP contribution in [-0.2, 0) is 4.79 Å². The highest BCUT2D eigenvalue weighted by molar-refractivity contribution is 6.31. The Kier molecular flexibility index (Phi) is 6.24. The molecule has 2 aromatic rings. The molecule has 3 rings (SSSR count). The Morgan fingerprint density at radius 3 is 2.41 bits per heavy atom. The molecule has 1 aliphatic heterocycles. The SMILES string of the molecule is COc1cccc(OC)c1C(c1ccccc1Cl)N1CCCC(C(=O)O)C1. The second-order valence-electron chi connectivity index (χ2n) is 6.67. The van der Waals surface area contributed by atoms with Crippen molar-refractivity contribution in [3.05, 3.63) is 58.6 Å². The van der Waals surface area contributed by atoms with E-state index in [1.807, 2.05) is 42.5 Å². The quantitative estimate of drug-likeness (QED) is 0.800. The largest absolute Gasteiger partial charge is 0.496 e. The van der Waals surface area contributed by atoms with Crippen LogP contribution in [0.25, 0.3) is 0 Å². The average Bonchev–Trinajstić information content (AvgIpc) is 2.70.